The van der Waals surface area contributed by atoms with Crippen LogP contribution >= 0.6 is 0 Å². The van der Waals surface area contributed by atoms with Gasteiger partial charge in [0.15, 0.2) is 0 Å². The summed E-state index contributed by atoms with van der Waals surface area (Å²) in [4.78, 5) is 0. The maximum atomic E-state index is 5.38. The summed E-state index contributed by atoms with van der Waals surface area (Å²) in [5.41, 5.74) is 10.5. The second-order valence-electron chi connectivity index (χ2n) is 3.00. The first kappa shape index (κ1) is 8.14. The van der Waals surface area contributed by atoms with Crippen molar-refractivity contribution in [2.45, 2.75) is 26.3 Å². The number of hydrogen-bond acceptors (Lipinski definition) is 3. The molecule has 5 N–H and O–H groups in total. The van der Waals surface area contributed by atoms with Crippen molar-refractivity contribution < 1.29 is 0 Å². The van der Waals surface area contributed by atoms with Crippen molar-refractivity contribution in [2.24, 2.45) is 11.5 Å². The average molecular weight is 129 g/mol. The maximum Gasteiger partial charge on any atom is 0.112 e. The van der Waals surface area contributed by atoms with Crippen molar-refractivity contribution in [2.75, 3.05) is 0 Å². The SMILES string of the molecule is CC(C)(C)NC(N)=CN. The van der Waals surface area contributed by atoms with Crippen LogP contribution in [0.4, 0.5) is 0 Å². The molecule has 0 amide bonds. The summed E-state index contributed by atoms with van der Waals surface area (Å²) in [6.07, 6.45) is 1.35. The predicted octanol–water partition coefficient (Wildman–Crippen LogP) is 0.0908. The summed E-state index contributed by atoms with van der Waals surface area (Å²) < 4.78 is 0. The van der Waals surface area contributed by atoms with Crippen molar-refractivity contribution in [1.29, 1.82) is 0 Å². The summed E-state index contributed by atoms with van der Waals surface area (Å²) in [7, 11) is 0. The Kier molecular flexibility index (Phi) is 2.37. The fourth-order valence-electron chi connectivity index (χ4n) is 0.475. The fourth-order valence-corrected chi connectivity index (χ4v) is 0.475. The molecule has 0 aliphatic rings. The molecule has 0 fully saturated rings. The molecule has 0 unspecified atom stereocenters. The molecule has 0 radical (unpaired) electrons. The Labute approximate surface area is 56.1 Å². The lowest BCUT2D eigenvalue weighted by molar-refractivity contribution is 0.470. The number of nitrogens with one attached hydrogen (secondary N) is 1. The molecule has 0 saturated carbocycles. The summed E-state index contributed by atoms with van der Waals surface area (Å²) >= 11 is 0. The van der Waals surface area contributed by atoms with Crippen molar-refractivity contribution in [3.8, 4) is 0 Å². The van der Waals surface area contributed by atoms with Gasteiger partial charge in [-0.1, -0.05) is 0 Å². The fraction of sp³-hybridized carbons (Fsp3) is 0.667. The van der Waals surface area contributed by atoms with E-state index in [-0.39, 0.29) is 5.54 Å². The van der Waals surface area contributed by atoms with Crippen LogP contribution in [0.2, 0.25) is 0 Å². The molecule has 0 aromatic carbocycles. The van der Waals surface area contributed by atoms with Gasteiger partial charge in [-0.3, -0.25) is 0 Å². The van der Waals surface area contributed by atoms with Crippen LogP contribution in [-0.2, 0) is 0 Å². The monoisotopic (exact) mass is 129 g/mol. The van der Waals surface area contributed by atoms with Gasteiger partial charge in [-0.15, -0.1) is 0 Å². The minimum Gasteiger partial charge on any atom is -0.402 e. The smallest absolute Gasteiger partial charge is 0.112 e. The molecule has 54 valence electrons. The molecule has 3 nitrogen and oxygen atoms in total. The van der Waals surface area contributed by atoms with Gasteiger partial charge in [0, 0.05) is 11.7 Å². The maximum absolute atomic E-state index is 5.38. The minimum atomic E-state index is -0.0000463. The van der Waals surface area contributed by atoms with E-state index in [1.807, 2.05) is 20.8 Å². The van der Waals surface area contributed by atoms with Crippen LogP contribution in [0.5, 0.6) is 0 Å². The highest BCUT2D eigenvalue weighted by Gasteiger charge is 2.07. The molecule has 0 spiro atoms. The average Bonchev–Trinajstić information content (AvgIpc) is 1.62. The Morgan fingerprint density at radius 3 is 2.00 bits per heavy atom. The third-order valence-electron chi connectivity index (χ3n) is 0.699. The van der Waals surface area contributed by atoms with E-state index in [4.69, 9.17) is 11.5 Å². The number of nitrogens with two attached hydrogens (primary N) is 2. The van der Waals surface area contributed by atoms with Gasteiger partial charge in [0.1, 0.15) is 5.82 Å². The summed E-state index contributed by atoms with van der Waals surface area (Å²) in [5, 5.41) is 2.98. The van der Waals surface area contributed by atoms with Crippen LogP contribution < -0.4 is 16.8 Å². The number of rotatable bonds is 1. The molecule has 0 rings (SSSR count). The van der Waals surface area contributed by atoms with E-state index in [9.17, 15) is 0 Å². The van der Waals surface area contributed by atoms with E-state index in [0.29, 0.717) is 5.82 Å². The van der Waals surface area contributed by atoms with Gasteiger partial charge in [0.25, 0.3) is 0 Å². The highest BCUT2D eigenvalue weighted by atomic mass is 15.0. The largest absolute Gasteiger partial charge is 0.402 e. The topological polar surface area (TPSA) is 64.1 Å². The molecule has 3 heteroatoms. The van der Waals surface area contributed by atoms with Crippen LogP contribution in [0.15, 0.2) is 12.0 Å². The molecule has 0 aromatic rings. The third kappa shape index (κ3) is 5.00. The molecule has 0 saturated heterocycles. The first-order valence-corrected chi connectivity index (χ1v) is 2.91. The van der Waals surface area contributed by atoms with Crippen molar-refractivity contribution >= 4 is 0 Å². The highest BCUT2D eigenvalue weighted by molar-refractivity contribution is 4.94. The van der Waals surface area contributed by atoms with Gasteiger partial charge in [-0.2, -0.15) is 0 Å². The van der Waals surface area contributed by atoms with E-state index in [1.54, 1.807) is 0 Å². The highest BCUT2D eigenvalue weighted by Crippen LogP contribution is 1.98. The molecule has 0 aliphatic heterocycles. The van der Waals surface area contributed by atoms with Crippen molar-refractivity contribution in [3.05, 3.63) is 12.0 Å². The first-order chi connectivity index (χ1) is 3.95. The second kappa shape index (κ2) is 2.62. The van der Waals surface area contributed by atoms with E-state index >= 15 is 0 Å². The molecule has 0 aromatic heterocycles. The van der Waals surface area contributed by atoms with Crippen LogP contribution in [0.25, 0.3) is 0 Å². The Balaban J connectivity index is 3.75. The lowest BCUT2D eigenvalue weighted by atomic mass is 10.1. The van der Waals surface area contributed by atoms with Crippen LogP contribution in [0.3, 0.4) is 0 Å². The zero-order valence-corrected chi connectivity index (χ0v) is 6.23. The summed E-state index contributed by atoms with van der Waals surface area (Å²) in [5.74, 6) is 0.516. The van der Waals surface area contributed by atoms with Gasteiger partial charge in [-0.05, 0) is 20.8 Å². The standard InChI is InChI=1S/C6H15N3/c1-6(2,3)9-5(8)4-7/h4,9H,7-8H2,1-3H3. The van der Waals surface area contributed by atoms with Gasteiger partial charge >= 0.3 is 0 Å². The van der Waals surface area contributed by atoms with Gasteiger partial charge in [0.05, 0.1) is 0 Å². The van der Waals surface area contributed by atoms with Gasteiger partial charge < -0.3 is 16.8 Å². The van der Waals surface area contributed by atoms with Crippen molar-refractivity contribution in [3.63, 3.8) is 0 Å². The molecular formula is C6H15N3. The first-order valence-electron chi connectivity index (χ1n) is 2.91. The van der Waals surface area contributed by atoms with Crippen LogP contribution in [0.1, 0.15) is 20.8 Å². The van der Waals surface area contributed by atoms with E-state index in [0.717, 1.165) is 0 Å². The van der Waals surface area contributed by atoms with E-state index < -0.39 is 0 Å². The minimum absolute atomic E-state index is 0.0000463. The number of hydrogen-bond donors (Lipinski definition) is 3. The Bertz CT molecular complexity index is 110. The van der Waals surface area contributed by atoms with E-state index in [2.05, 4.69) is 5.32 Å². The second-order valence-corrected chi connectivity index (χ2v) is 3.00. The quantitative estimate of drug-likeness (QED) is 0.470. The van der Waals surface area contributed by atoms with Crippen LogP contribution in [0, 0.1) is 0 Å². The lowest BCUT2D eigenvalue weighted by Gasteiger charge is -2.21. The van der Waals surface area contributed by atoms with Crippen molar-refractivity contribution in [1.82, 2.24) is 5.32 Å². The molecule has 0 aliphatic carbocycles. The van der Waals surface area contributed by atoms with E-state index in [1.165, 1.54) is 6.20 Å². The predicted molar refractivity (Wildman–Crippen MR) is 39.3 cm³/mol. The zero-order valence-electron chi connectivity index (χ0n) is 6.23. The van der Waals surface area contributed by atoms with Gasteiger partial charge in [0.2, 0.25) is 0 Å². The van der Waals surface area contributed by atoms with Gasteiger partial charge in [-0.25, -0.2) is 0 Å². The lowest BCUT2D eigenvalue weighted by Crippen LogP contribution is -2.38. The molecule has 9 heavy (non-hydrogen) atoms. The van der Waals surface area contributed by atoms with Crippen LogP contribution in [-0.4, -0.2) is 5.54 Å². The molecule has 0 bridgehead atoms. The normalized spacial score (nSPS) is 13.4. The molecule has 0 atom stereocenters. The molecular weight excluding hydrogens is 114 g/mol. The summed E-state index contributed by atoms with van der Waals surface area (Å²) in [6, 6.07) is 0. The summed E-state index contributed by atoms with van der Waals surface area (Å²) in [6.45, 7) is 6.05. The Morgan fingerprint density at radius 1 is 1.44 bits per heavy atom. The Morgan fingerprint density at radius 2 is 1.89 bits per heavy atom. The third-order valence-corrected chi connectivity index (χ3v) is 0.699. The molecule has 0 heterocycles. The Hall–Kier alpha value is -0.860. The zero-order chi connectivity index (χ0) is 7.49.